The molecule has 0 aromatic heterocycles. The zero-order valence-corrected chi connectivity index (χ0v) is 9.63. The standard InChI is InChI=1S/C11H16N2O4/c1-15-12-10-8-4-2-3-5-9(8)17-11(10)13-16-7-6-14/h2-4,9-10,12,14H,5-7H2,1H3/b13-11+. The predicted octanol–water partition coefficient (Wildman–Crippen LogP) is 0.113. The molecule has 17 heavy (non-hydrogen) atoms. The molecule has 6 nitrogen and oxygen atoms in total. The third-order valence-electron chi connectivity index (χ3n) is 2.56. The lowest BCUT2D eigenvalue weighted by molar-refractivity contribution is 0.0761. The van der Waals surface area contributed by atoms with Crippen molar-refractivity contribution in [2.45, 2.75) is 18.6 Å². The molecule has 94 valence electrons. The van der Waals surface area contributed by atoms with Gasteiger partial charge >= 0.3 is 0 Å². The van der Waals surface area contributed by atoms with E-state index in [1.54, 1.807) is 7.11 Å². The van der Waals surface area contributed by atoms with E-state index in [0.29, 0.717) is 5.90 Å². The highest BCUT2D eigenvalue weighted by Crippen LogP contribution is 2.28. The normalized spacial score (nSPS) is 28.8. The SMILES string of the molecule is CONC1C2=CC=CCC2O/C1=N/OCCO. The Morgan fingerprint density at radius 2 is 2.53 bits per heavy atom. The van der Waals surface area contributed by atoms with E-state index < -0.39 is 0 Å². The van der Waals surface area contributed by atoms with Crippen molar-refractivity contribution in [3.8, 4) is 0 Å². The van der Waals surface area contributed by atoms with Crippen molar-refractivity contribution in [1.29, 1.82) is 0 Å². The van der Waals surface area contributed by atoms with Gasteiger partial charge in [0.1, 0.15) is 18.8 Å². The molecule has 6 heteroatoms. The van der Waals surface area contributed by atoms with Crippen LogP contribution in [0.3, 0.4) is 0 Å². The molecule has 2 atom stereocenters. The van der Waals surface area contributed by atoms with Gasteiger partial charge in [0.25, 0.3) is 0 Å². The van der Waals surface area contributed by atoms with Crippen LogP contribution >= 0.6 is 0 Å². The highest BCUT2D eigenvalue weighted by Gasteiger charge is 2.38. The lowest BCUT2D eigenvalue weighted by Crippen LogP contribution is -2.34. The van der Waals surface area contributed by atoms with Crippen molar-refractivity contribution in [2.24, 2.45) is 5.16 Å². The zero-order chi connectivity index (χ0) is 12.1. The minimum absolute atomic E-state index is 0.0101. The number of allylic oxidation sites excluding steroid dienone is 2. The van der Waals surface area contributed by atoms with E-state index in [4.69, 9.17) is 19.5 Å². The number of fused-ring (bicyclic) bond motifs is 1. The van der Waals surface area contributed by atoms with Gasteiger partial charge in [-0.15, -0.1) is 0 Å². The average Bonchev–Trinajstić information content (AvgIpc) is 2.69. The fraction of sp³-hybridized carbons (Fsp3) is 0.545. The highest BCUT2D eigenvalue weighted by atomic mass is 16.7. The van der Waals surface area contributed by atoms with Gasteiger partial charge < -0.3 is 19.5 Å². The van der Waals surface area contributed by atoms with Gasteiger partial charge in [-0.2, -0.15) is 5.48 Å². The van der Waals surface area contributed by atoms with Crippen molar-refractivity contribution in [1.82, 2.24) is 5.48 Å². The van der Waals surface area contributed by atoms with Crippen LogP contribution in [0.5, 0.6) is 0 Å². The fourth-order valence-electron chi connectivity index (χ4n) is 1.84. The first kappa shape index (κ1) is 12.1. The summed E-state index contributed by atoms with van der Waals surface area (Å²) in [5, 5.41) is 12.5. The molecule has 1 saturated heterocycles. The van der Waals surface area contributed by atoms with Crippen molar-refractivity contribution in [2.75, 3.05) is 20.3 Å². The van der Waals surface area contributed by atoms with E-state index in [0.717, 1.165) is 12.0 Å². The summed E-state index contributed by atoms with van der Waals surface area (Å²) in [5.74, 6) is 0.431. The number of hydroxylamine groups is 1. The number of ether oxygens (including phenoxy) is 1. The first-order valence-electron chi connectivity index (χ1n) is 5.49. The van der Waals surface area contributed by atoms with Crippen LogP contribution in [0.4, 0.5) is 0 Å². The summed E-state index contributed by atoms with van der Waals surface area (Å²) < 4.78 is 5.66. The van der Waals surface area contributed by atoms with Gasteiger partial charge in [0.15, 0.2) is 0 Å². The van der Waals surface area contributed by atoms with Crippen LogP contribution in [0.15, 0.2) is 29.0 Å². The summed E-state index contributed by atoms with van der Waals surface area (Å²) in [6.07, 6.45) is 6.81. The number of aliphatic hydroxyl groups excluding tert-OH is 1. The van der Waals surface area contributed by atoms with Gasteiger partial charge in [0, 0.05) is 6.42 Å². The average molecular weight is 240 g/mol. The second-order valence-corrected chi connectivity index (χ2v) is 3.68. The number of rotatable bonds is 5. The van der Waals surface area contributed by atoms with E-state index >= 15 is 0 Å². The van der Waals surface area contributed by atoms with Crippen molar-refractivity contribution < 1.29 is 19.5 Å². The van der Waals surface area contributed by atoms with Gasteiger partial charge in [-0.3, -0.25) is 0 Å². The lowest BCUT2D eigenvalue weighted by atomic mass is 9.98. The topological polar surface area (TPSA) is 72.3 Å². The quantitative estimate of drug-likeness (QED) is 0.527. The summed E-state index contributed by atoms with van der Waals surface area (Å²) in [4.78, 5) is 9.85. The Morgan fingerprint density at radius 1 is 1.65 bits per heavy atom. The zero-order valence-electron chi connectivity index (χ0n) is 9.63. The van der Waals surface area contributed by atoms with Crippen molar-refractivity contribution in [3.63, 3.8) is 0 Å². The minimum Gasteiger partial charge on any atom is -0.469 e. The molecule has 0 radical (unpaired) electrons. The number of nitrogens with zero attached hydrogens (tertiary/aromatic N) is 1. The molecule has 2 N–H and O–H groups in total. The molecule has 0 amide bonds. The van der Waals surface area contributed by atoms with Gasteiger partial charge in [-0.25, -0.2) is 0 Å². The third kappa shape index (κ3) is 2.66. The van der Waals surface area contributed by atoms with Crippen LogP contribution in [0, 0.1) is 0 Å². The Labute approximate surface area is 99.5 Å². The van der Waals surface area contributed by atoms with Gasteiger partial charge in [0.05, 0.1) is 13.7 Å². The second-order valence-electron chi connectivity index (χ2n) is 3.68. The molecule has 0 bridgehead atoms. The second kappa shape index (κ2) is 5.81. The van der Waals surface area contributed by atoms with Crippen LogP contribution < -0.4 is 5.48 Å². The smallest absolute Gasteiger partial charge is 0.250 e. The first-order valence-corrected chi connectivity index (χ1v) is 5.49. The Bertz CT molecular complexity index is 351. The highest BCUT2D eigenvalue weighted by molar-refractivity contribution is 5.88. The molecule has 0 spiro atoms. The minimum atomic E-state index is -0.228. The maximum absolute atomic E-state index is 8.62. The molecule has 1 aliphatic carbocycles. The van der Waals surface area contributed by atoms with E-state index in [2.05, 4.69) is 10.6 Å². The maximum Gasteiger partial charge on any atom is 0.250 e. The first-order chi connectivity index (χ1) is 8.36. The summed E-state index contributed by atoms with van der Waals surface area (Å²) in [6.45, 7) is 0.0708. The van der Waals surface area contributed by atoms with Gasteiger partial charge in [-0.05, 0) is 10.7 Å². The van der Waals surface area contributed by atoms with Crippen molar-refractivity contribution in [3.05, 3.63) is 23.8 Å². The summed E-state index contributed by atoms with van der Waals surface area (Å²) in [6, 6.07) is -0.228. The van der Waals surface area contributed by atoms with E-state index in [-0.39, 0.29) is 25.4 Å². The maximum atomic E-state index is 8.62. The lowest BCUT2D eigenvalue weighted by Gasteiger charge is -2.13. The molecule has 2 aliphatic rings. The number of aliphatic hydroxyl groups is 1. The van der Waals surface area contributed by atoms with E-state index in [9.17, 15) is 0 Å². The summed E-state index contributed by atoms with van der Waals surface area (Å²) in [5.41, 5.74) is 3.89. The molecular weight excluding hydrogens is 224 g/mol. The van der Waals surface area contributed by atoms with Gasteiger partial charge in [0.2, 0.25) is 5.90 Å². The molecule has 0 saturated carbocycles. The van der Waals surface area contributed by atoms with Crippen molar-refractivity contribution >= 4 is 5.90 Å². The number of oxime groups is 1. The van der Waals surface area contributed by atoms with Gasteiger partial charge in [-0.1, -0.05) is 18.2 Å². The molecule has 1 aliphatic heterocycles. The Balaban J connectivity index is 2.09. The Morgan fingerprint density at radius 3 is 3.29 bits per heavy atom. The molecule has 2 unspecified atom stereocenters. The van der Waals surface area contributed by atoms with Crippen LogP contribution in [0.1, 0.15) is 6.42 Å². The number of hydrogen-bond acceptors (Lipinski definition) is 6. The van der Waals surface area contributed by atoms with Crippen LogP contribution in [-0.2, 0) is 14.4 Å². The number of hydrogen-bond donors (Lipinski definition) is 2. The predicted molar refractivity (Wildman–Crippen MR) is 61.1 cm³/mol. The van der Waals surface area contributed by atoms with Crippen LogP contribution in [-0.4, -0.2) is 43.5 Å². The summed E-state index contributed by atoms with van der Waals surface area (Å²) >= 11 is 0. The summed E-state index contributed by atoms with van der Waals surface area (Å²) in [7, 11) is 1.54. The largest absolute Gasteiger partial charge is 0.469 e. The molecular formula is C11H16N2O4. The molecule has 1 heterocycles. The monoisotopic (exact) mass is 240 g/mol. The number of nitrogens with one attached hydrogen (secondary N) is 1. The molecule has 1 fully saturated rings. The molecule has 0 aromatic rings. The fourth-order valence-corrected chi connectivity index (χ4v) is 1.84. The van der Waals surface area contributed by atoms with Crippen LogP contribution in [0.25, 0.3) is 0 Å². The Kier molecular flexibility index (Phi) is 4.13. The molecule has 0 aromatic carbocycles. The Hall–Kier alpha value is -1.37. The van der Waals surface area contributed by atoms with E-state index in [1.807, 2.05) is 18.2 Å². The molecule has 2 rings (SSSR count). The van der Waals surface area contributed by atoms with Crippen LogP contribution in [0.2, 0.25) is 0 Å². The van der Waals surface area contributed by atoms with E-state index in [1.165, 1.54) is 0 Å². The third-order valence-corrected chi connectivity index (χ3v) is 2.56.